The Balaban J connectivity index is 2.24. The van der Waals surface area contributed by atoms with Crippen molar-refractivity contribution in [3.63, 3.8) is 0 Å². The van der Waals surface area contributed by atoms with Gasteiger partial charge in [-0.25, -0.2) is 9.67 Å². The van der Waals surface area contributed by atoms with E-state index in [0.717, 1.165) is 50.0 Å². The molecule has 1 rings (SSSR count). The lowest BCUT2D eigenvalue weighted by Crippen LogP contribution is -2.21. The van der Waals surface area contributed by atoms with Crippen LogP contribution in [-0.2, 0) is 19.4 Å². The molecule has 18 heavy (non-hydrogen) atoms. The minimum absolute atomic E-state index is 0.735. The van der Waals surface area contributed by atoms with Crippen molar-refractivity contribution in [1.29, 1.82) is 0 Å². The number of aryl methyl sites for hydroxylation is 3. The van der Waals surface area contributed by atoms with E-state index in [0.29, 0.717) is 0 Å². The van der Waals surface area contributed by atoms with Crippen LogP contribution in [0.2, 0.25) is 0 Å². The molecule has 4 nitrogen and oxygen atoms in total. The topological polar surface area (TPSA) is 42.7 Å². The molecule has 0 aromatic carbocycles. The molecule has 0 saturated carbocycles. The van der Waals surface area contributed by atoms with E-state index in [2.05, 4.69) is 47.8 Å². The van der Waals surface area contributed by atoms with Crippen molar-refractivity contribution < 1.29 is 0 Å². The van der Waals surface area contributed by atoms with Crippen LogP contribution < -0.4 is 5.32 Å². The minimum atomic E-state index is 0.735. The van der Waals surface area contributed by atoms with E-state index >= 15 is 0 Å². The lowest BCUT2D eigenvalue weighted by Gasteiger charge is -2.07. The second kappa shape index (κ2) is 8.25. The summed E-state index contributed by atoms with van der Waals surface area (Å²) in [4.78, 5) is 4.52. The Morgan fingerprint density at radius 3 is 2.56 bits per heavy atom. The van der Waals surface area contributed by atoms with Gasteiger partial charge in [0.15, 0.2) is 5.82 Å². The van der Waals surface area contributed by atoms with Crippen LogP contribution in [0.1, 0.15) is 52.2 Å². The summed E-state index contributed by atoms with van der Waals surface area (Å²) in [5.41, 5.74) is 0. The molecule has 1 heterocycles. The van der Waals surface area contributed by atoms with Gasteiger partial charge in [-0.05, 0) is 31.8 Å². The van der Waals surface area contributed by atoms with Gasteiger partial charge in [-0.15, -0.1) is 0 Å². The zero-order chi connectivity index (χ0) is 13.4. The molecule has 0 spiro atoms. The molecule has 0 bridgehead atoms. The Bertz CT molecular complexity index is 331. The number of nitrogens with zero attached hydrogens (tertiary/aromatic N) is 3. The molecule has 0 aliphatic rings. The van der Waals surface area contributed by atoms with Gasteiger partial charge in [-0.2, -0.15) is 5.10 Å². The highest BCUT2D eigenvalue weighted by molar-refractivity contribution is 4.92. The van der Waals surface area contributed by atoms with Crippen molar-refractivity contribution in [1.82, 2.24) is 20.1 Å². The van der Waals surface area contributed by atoms with E-state index < -0.39 is 0 Å². The predicted octanol–water partition coefficient (Wildman–Crippen LogP) is 2.43. The summed E-state index contributed by atoms with van der Waals surface area (Å²) in [7, 11) is 0. The molecule has 4 heteroatoms. The van der Waals surface area contributed by atoms with Gasteiger partial charge in [-0.1, -0.05) is 27.7 Å². The van der Waals surface area contributed by atoms with Crippen LogP contribution in [0.3, 0.4) is 0 Å². The monoisotopic (exact) mass is 252 g/mol. The molecule has 0 aliphatic carbocycles. The smallest absolute Gasteiger partial charge is 0.150 e. The number of unbranched alkanes of at least 4 members (excludes halogenated alkanes) is 1. The fourth-order valence-corrected chi connectivity index (χ4v) is 1.92. The summed E-state index contributed by atoms with van der Waals surface area (Å²) in [6.45, 7) is 11.9. The van der Waals surface area contributed by atoms with E-state index in [1.807, 2.05) is 0 Å². The number of nitrogens with one attached hydrogen (secondary N) is 1. The van der Waals surface area contributed by atoms with Crippen molar-refractivity contribution >= 4 is 0 Å². The first-order valence-corrected chi connectivity index (χ1v) is 7.30. The van der Waals surface area contributed by atoms with Crippen LogP contribution in [0.4, 0.5) is 0 Å². The second-order valence-electron chi connectivity index (χ2n) is 5.18. The number of hydrogen-bond donors (Lipinski definition) is 1. The molecule has 0 fully saturated rings. The lowest BCUT2D eigenvalue weighted by atomic mass is 10.2. The highest BCUT2D eigenvalue weighted by Crippen LogP contribution is 2.03. The summed E-state index contributed by atoms with van der Waals surface area (Å²) >= 11 is 0. The van der Waals surface area contributed by atoms with Crippen LogP contribution in [0.5, 0.6) is 0 Å². The van der Waals surface area contributed by atoms with Crippen molar-refractivity contribution in [2.45, 2.75) is 59.9 Å². The number of aromatic nitrogens is 3. The number of rotatable bonds is 9. The van der Waals surface area contributed by atoms with Gasteiger partial charge >= 0.3 is 0 Å². The van der Waals surface area contributed by atoms with E-state index in [1.165, 1.54) is 12.8 Å². The Morgan fingerprint density at radius 1 is 1.17 bits per heavy atom. The summed E-state index contributed by atoms with van der Waals surface area (Å²) in [5, 5.41) is 8.00. The zero-order valence-corrected chi connectivity index (χ0v) is 12.4. The van der Waals surface area contributed by atoms with Crippen LogP contribution >= 0.6 is 0 Å². The van der Waals surface area contributed by atoms with Crippen LogP contribution in [0.15, 0.2) is 0 Å². The molecule has 0 radical (unpaired) electrons. The van der Waals surface area contributed by atoms with Gasteiger partial charge in [0, 0.05) is 19.4 Å². The van der Waals surface area contributed by atoms with E-state index in [1.54, 1.807) is 0 Å². The first-order chi connectivity index (χ1) is 8.67. The van der Waals surface area contributed by atoms with E-state index in [4.69, 9.17) is 0 Å². The molecular weight excluding hydrogens is 224 g/mol. The fraction of sp³-hybridized carbons (Fsp3) is 0.857. The van der Waals surface area contributed by atoms with Gasteiger partial charge in [0.1, 0.15) is 5.82 Å². The SMILES string of the molecule is CCc1nc(CC)n(CCCCNCC(C)C)n1. The predicted molar refractivity (Wildman–Crippen MR) is 75.7 cm³/mol. The van der Waals surface area contributed by atoms with Gasteiger partial charge in [0.25, 0.3) is 0 Å². The maximum absolute atomic E-state index is 4.53. The third-order valence-electron chi connectivity index (χ3n) is 2.95. The Morgan fingerprint density at radius 2 is 1.94 bits per heavy atom. The standard InChI is InChI=1S/C14H28N4/c1-5-13-16-14(6-2)18(17-13)10-8-7-9-15-11-12(3)4/h12,15H,5-11H2,1-4H3. The molecule has 1 aromatic rings. The molecular formula is C14H28N4. The third-order valence-corrected chi connectivity index (χ3v) is 2.95. The first-order valence-electron chi connectivity index (χ1n) is 7.30. The molecule has 1 aromatic heterocycles. The maximum atomic E-state index is 4.53. The average molecular weight is 252 g/mol. The Hall–Kier alpha value is -0.900. The lowest BCUT2D eigenvalue weighted by molar-refractivity contribution is 0.496. The summed E-state index contributed by atoms with van der Waals surface area (Å²) < 4.78 is 2.08. The first kappa shape index (κ1) is 15.2. The normalized spacial score (nSPS) is 11.4. The molecule has 0 aliphatic heterocycles. The molecule has 0 saturated heterocycles. The largest absolute Gasteiger partial charge is 0.316 e. The van der Waals surface area contributed by atoms with Gasteiger partial charge in [0.05, 0.1) is 0 Å². The molecule has 1 N–H and O–H groups in total. The number of hydrogen-bond acceptors (Lipinski definition) is 3. The summed E-state index contributed by atoms with van der Waals surface area (Å²) in [6, 6.07) is 0. The van der Waals surface area contributed by atoms with Crippen molar-refractivity contribution in [3.05, 3.63) is 11.6 Å². The zero-order valence-electron chi connectivity index (χ0n) is 12.4. The van der Waals surface area contributed by atoms with Gasteiger partial charge < -0.3 is 5.32 Å². The summed E-state index contributed by atoms with van der Waals surface area (Å²) in [5.74, 6) is 2.84. The van der Waals surface area contributed by atoms with Crippen molar-refractivity contribution in [2.75, 3.05) is 13.1 Å². The Kier molecular flexibility index (Phi) is 6.94. The van der Waals surface area contributed by atoms with Crippen LogP contribution in [-0.4, -0.2) is 27.9 Å². The minimum Gasteiger partial charge on any atom is -0.316 e. The van der Waals surface area contributed by atoms with Crippen LogP contribution in [0, 0.1) is 5.92 Å². The highest BCUT2D eigenvalue weighted by atomic mass is 15.3. The van der Waals surface area contributed by atoms with Crippen LogP contribution in [0.25, 0.3) is 0 Å². The third kappa shape index (κ3) is 5.17. The average Bonchev–Trinajstić information content (AvgIpc) is 2.75. The Labute approximate surface area is 111 Å². The summed E-state index contributed by atoms with van der Waals surface area (Å²) in [6.07, 6.45) is 4.27. The van der Waals surface area contributed by atoms with Gasteiger partial charge in [0.2, 0.25) is 0 Å². The maximum Gasteiger partial charge on any atom is 0.150 e. The van der Waals surface area contributed by atoms with E-state index in [-0.39, 0.29) is 0 Å². The second-order valence-corrected chi connectivity index (χ2v) is 5.18. The van der Waals surface area contributed by atoms with Gasteiger partial charge in [-0.3, -0.25) is 0 Å². The molecule has 0 amide bonds. The van der Waals surface area contributed by atoms with Crippen molar-refractivity contribution in [3.8, 4) is 0 Å². The molecule has 0 atom stereocenters. The molecule has 0 unspecified atom stereocenters. The van der Waals surface area contributed by atoms with Crippen molar-refractivity contribution in [2.24, 2.45) is 5.92 Å². The quantitative estimate of drug-likeness (QED) is 0.686. The fourth-order valence-electron chi connectivity index (χ4n) is 1.92. The highest BCUT2D eigenvalue weighted by Gasteiger charge is 2.06. The molecule has 104 valence electrons. The van der Waals surface area contributed by atoms with E-state index in [9.17, 15) is 0 Å².